The van der Waals surface area contributed by atoms with Crippen LogP contribution in [0.1, 0.15) is 0 Å². The van der Waals surface area contributed by atoms with Crippen molar-refractivity contribution in [2.24, 2.45) is 0 Å². The van der Waals surface area contributed by atoms with E-state index in [1.807, 2.05) is 0 Å². The molecule has 0 fully saturated rings. The second kappa shape index (κ2) is 3.83. The molecule has 0 heterocycles. The van der Waals surface area contributed by atoms with Crippen LogP contribution in [-0.2, 0) is 11.3 Å². The summed E-state index contributed by atoms with van der Waals surface area (Å²) >= 11 is -1.90. The fraction of sp³-hybridized carbons (Fsp3) is 0.333. The number of hydrogen-bond donors (Lipinski definition) is 1. The van der Waals surface area contributed by atoms with Crippen molar-refractivity contribution in [3.8, 4) is 0 Å². The molecule has 5 heteroatoms. The molecule has 0 aliphatic carbocycles. The quantitative estimate of drug-likeness (QED) is 0.687. The van der Waals surface area contributed by atoms with E-state index in [-0.39, 0.29) is 0 Å². The number of nitrogens with zero attached hydrogens (tertiary/aromatic N) is 1. The number of hydrogen-bond acceptors (Lipinski definition) is 1. The van der Waals surface area contributed by atoms with E-state index in [9.17, 15) is 4.21 Å². The second-order valence-corrected chi connectivity index (χ2v) is 2.00. The van der Waals surface area contributed by atoms with E-state index in [1.165, 1.54) is 13.2 Å². The van der Waals surface area contributed by atoms with Gasteiger partial charge in [0.15, 0.2) is 0 Å². The van der Waals surface area contributed by atoms with Gasteiger partial charge in [-0.25, -0.2) is 4.21 Å². The molecule has 44 valence electrons. The Labute approximate surface area is 45.1 Å². The van der Waals surface area contributed by atoms with E-state index >= 15 is 0 Å². The van der Waals surface area contributed by atoms with Gasteiger partial charge in [0.05, 0.1) is 0 Å². The summed E-state index contributed by atoms with van der Waals surface area (Å²) in [6.07, 6.45) is 1.27. The van der Waals surface area contributed by atoms with Gasteiger partial charge in [-0.1, -0.05) is 6.58 Å². The van der Waals surface area contributed by atoms with Crippen LogP contribution in [-0.4, -0.2) is 20.1 Å². The average molecular weight is 388 g/mol. The Kier molecular flexibility index (Phi) is 4.70. The molecule has 0 saturated carbocycles. The van der Waals surface area contributed by atoms with Gasteiger partial charge in [-0.05, 0) is 0 Å². The molecular formula is C3H7NO2RfS. The Bertz CT molecular complexity index is 97.3. The Morgan fingerprint density at radius 2 is 2.25 bits per heavy atom. The summed E-state index contributed by atoms with van der Waals surface area (Å²) in [5.74, 6) is 0. The molecule has 0 radical (unpaired) electrons. The summed E-state index contributed by atoms with van der Waals surface area (Å²) in [5, 5.41) is 0. The molecule has 0 saturated heterocycles. The summed E-state index contributed by atoms with van der Waals surface area (Å²) in [5.41, 5.74) is 0. The standard InChI is InChI=1S/C3H7NO2S.Rf/c1-3-4(2)7(5)6;/h3H,1H2,2H3,(H,5,6);. The smallest absolute Gasteiger partial charge is 0.261 e. The van der Waals surface area contributed by atoms with E-state index < -0.39 is 11.3 Å². The third kappa shape index (κ3) is 2.87. The van der Waals surface area contributed by atoms with E-state index in [0.29, 0.717) is 0 Å². The topological polar surface area (TPSA) is 40.5 Å². The minimum Gasteiger partial charge on any atom is -0.289 e. The van der Waals surface area contributed by atoms with Crippen LogP contribution in [0.25, 0.3) is 0 Å². The molecule has 0 aromatic heterocycles. The molecule has 0 aromatic carbocycles. The Morgan fingerprint density at radius 3 is 2.25 bits per heavy atom. The molecule has 0 spiro atoms. The minimum atomic E-state index is -1.90. The van der Waals surface area contributed by atoms with Gasteiger partial charge >= 0.3 is 0 Å². The van der Waals surface area contributed by atoms with Crippen LogP contribution in [0.15, 0.2) is 12.8 Å². The summed E-state index contributed by atoms with van der Waals surface area (Å²) in [4.78, 5) is 0. The molecule has 0 rings (SSSR count). The zero-order chi connectivity index (χ0) is 5.86. The maximum Gasteiger partial charge on any atom is 0.261 e. The summed E-state index contributed by atoms with van der Waals surface area (Å²) in [6.45, 7) is 3.25. The molecule has 3 nitrogen and oxygen atoms in total. The summed E-state index contributed by atoms with van der Waals surface area (Å²) in [7, 11) is 1.46. The molecule has 0 aliphatic heterocycles. The third-order valence-electron chi connectivity index (χ3n) is 0.503. The van der Waals surface area contributed by atoms with E-state index in [0.717, 1.165) is 4.31 Å². The van der Waals surface area contributed by atoms with Crippen LogP contribution in [0.2, 0.25) is 0 Å². The van der Waals surface area contributed by atoms with Gasteiger partial charge in [0.2, 0.25) is 0 Å². The van der Waals surface area contributed by atoms with Crippen molar-refractivity contribution >= 4 is 11.3 Å². The van der Waals surface area contributed by atoms with Crippen molar-refractivity contribution in [3.05, 3.63) is 12.8 Å². The van der Waals surface area contributed by atoms with Gasteiger partial charge in [-0.15, -0.1) is 0 Å². The first kappa shape index (κ1) is 9.82. The Hall–Kier alpha value is -1.35. The fourth-order valence-corrected chi connectivity index (χ4v) is 0.191. The molecule has 1 unspecified atom stereocenters. The van der Waals surface area contributed by atoms with Gasteiger partial charge < -0.3 is 0 Å². The molecule has 0 bridgehead atoms. The van der Waals surface area contributed by atoms with Crippen molar-refractivity contribution in [3.63, 3.8) is 0 Å². The largest absolute Gasteiger partial charge is 0.289 e. The van der Waals surface area contributed by atoms with Crippen LogP contribution in [0.4, 0.5) is 0 Å². The Morgan fingerprint density at radius 1 is 1.88 bits per heavy atom. The zero-order valence-corrected chi connectivity index (χ0v) is 11.9. The van der Waals surface area contributed by atoms with Gasteiger partial charge in [0.25, 0.3) is 11.3 Å². The van der Waals surface area contributed by atoms with Gasteiger partial charge in [0.1, 0.15) is 0 Å². The van der Waals surface area contributed by atoms with E-state index in [2.05, 4.69) is 6.58 Å². The first-order valence-corrected chi connectivity index (χ1v) is 2.71. The van der Waals surface area contributed by atoms with Gasteiger partial charge in [0, 0.05) is 13.2 Å². The van der Waals surface area contributed by atoms with Crippen molar-refractivity contribution in [2.75, 3.05) is 7.05 Å². The predicted octanol–water partition coefficient (Wildman–Crippen LogP) is 0.198. The molecule has 1 N–H and O–H groups in total. The van der Waals surface area contributed by atoms with Crippen LogP contribution in [0.5, 0.6) is 0 Å². The molecular weight excluding hydrogens is 381 g/mol. The Balaban J connectivity index is 0. The second-order valence-electron chi connectivity index (χ2n) is 0.959. The maximum atomic E-state index is 9.90. The molecule has 0 amide bonds. The molecule has 0 aliphatic rings. The van der Waals surface area contributed by atoms with Crippen LogP contribution >= 0.6 is 0 Å². The third-order valence-corrected chi connectivity index (χ3v) is 1.15. The molecule has 1 atom stereocenters. The van der Waals surface area contributed by atoms with Gasteiger partial charge in [-0.2, -0.15) is 0 Å². The van der Waals surface area contributed by atoms with Crippen molar-refractivity contribution < 1.29 is 8.76 Å². The van der Waals surface area contributed by atoms with Crippen molar-refractivity contribution in [1.29, 1.82) is 0 Å². The van der Waals surface area contributed by atoms with Crippen LogP contribution in [0.3, 0.4) is 0 Å². The van der Waals surface area contributed by atoms with E-state index in [1.54, 1.807) is 0 Å². The molecule has 8 heavy (non-hydrogen) atoms. The predicted molar refractivity (Wildman–Crippen MR) is 28.7 cm³/mol. The minimum absolute atomic E-state index is 0. The first-order valence-electron chi connectivity index (χ1n) is 1.65. The average Bonchev–Trinajstić information content (AvgIpc) is 1.65. The van der Waals surface area contributed by atoms with Crippen molar-refractivity contribution in [1.82, 2.24) is 4.31 Å². The first-order chi connectivity index (χ1) is 3.18. The zero-order valence-electron chi connectivity index (χ0n) is 4.70. The summed E-state index contributed by atoms with van der Waals surface area (Å²) < 4.78 is 19.1. The summed E-state index contributed by atoms with van der Waals surface area (Å²) in [6, 6.07) is 0. The van der Waals surface area contributed by atoms with E-state index in [4.69, 9.17) is 4.55 Å². The van der Waals surface area contributed by atoms with Crippen molar-refractivity contribution in [2.45, 2.75) is 0 Å². The normalized spacial score (nSPS) is 11.2. The van der Waals surface area contributed by atoms with Gasteiger partial charge in [-0.3, -0.25) is 8.86 Å². The number of rotatable bonds is 2. The maximum absolute atomic E-state index is 9.90. The fourth-order valence-electron chi connectivity index (χ4n) is 0.0638. The van der Waals surface area contributed by atoms with Crippen LogP contribution < -0.4 is 0 Å². The monoisotopic (exact) mass is 388 g/mol. The molecule has 0 aromatic rings. The SMILES string of the molecule is C=CN(C)S(=O)O.[Rf]. The van der Waals surface area contributed by atoms with Crippen LogP contribution in [0, 0.1) is 0 Å².